The van der Waals surface area contributed by atoms with Crippen molar-refractivity contribution in [3.8, 4) is 11.5 Å². The van der Waals surface area contributed by atoms with Gasteiger partial charge in [-0.2, -0.15) is 0 Å². The lowest BCUT2D eigenvalue weighted by molar-refractivity contribution is -0.141. The van der Waals surface area contributed by atoms with E-state index in [0.717, 1.165) is 11.1 Å². The number of nitrogens with zero attached hydrogens (tertiary/aromatic N) is 1. The number of fused-ring (bicyclic) bond motifs is 1. The summed E-state index contributed by atoms with van der Waals surface area (Å²) >= 11 is 7.70. The van der Waals surface area contributed by atoms with Gasteiger partial charge in [-0.1, -0.05) is 29.8 Å². The van der Waals surface area contributed by atoms with Crippen LogP contribution < -0.4 is 19.7 Å². The Hall–Kier alpha value is -3.50. The van der Waals surface area contributed by atoms with Crippen LogP contribution in [0, 0.1) is 0 Å². The molecule has 0 aromatic heterocycles. The number of esters is 1. The zero-order valence-electron chi connectivity index (χ0n) is 22.0. The number of hydrogen-bond donors (Lipinski definition) is 1. The Labute approximate surface area is 236 Å². The van der Waals surface area contributed by atoms with Gasteiger partial charge < -0.3 is 24.4 Å². The highest BCUT2D eigenvalue weighted by Gasteiger charge is 2.38. The van der Waals surface area contributed by atoms with Gasteiger partial charge in [-0.25, -0.2) is 0 Å². The second-order valence-corrected chi connectivity index (χ2v) is 10.4. The first kappa shape index (κ1) is 30.0. The number of amides is 2. The number of Topliss-reactive ketones (excluding diaryl/α,β-unsaturated/α-hetero) is 1. The van der Waals surface area contributed by atoms with Gasteiger partial charge in [0.1, 0.15) is 0 Å². The average Bonchev–Trinajstić information content (AvgIpc) is 3.04. The molecule has 2 aromatic rings. The van der Waals surface area contributed by atoms with E-state index in [1.165, 1.54) is 18.9 Å². The predicted molar refractivity (Wildman–Crippen MR) is 151 cm³/mol. The number of nitrogens with one attached hydrogen (secondary N) is 1. The Balaban J connectivity index is 1.95. The molecule has 39 heavy (non-hydrogen) atoms. The molecule has 0 fully saturated rings. The van der Waals surface area contributed by atoms with Crippen molar-refractivity contribution in [1.82, 2.24) is 5.32 Å². The van der Waals surface area contributed by atoms with E-state index in [4.69, 9.17) is 21.1 Å². The molecule has 0 bridgehead atoms. The van der Waals surface area contributed by atoms with Crippen LogP contribution in [-0.2, 0) is 23.9 Å². The fraction of sp³-hybridized carbons (Fsp3) is 0.357. The maximum Gasteiger partial charge on any atom is 0.305 e. The van der Waals surface area contributed by atoms with Crippen molar-refractivity contribution in [2.45, 2.75) is 29.8 Å². The van der Waals surface area contributed by atoms with Gasteiger partial charge in [0.15, 0.2) is 17.3 Å². The van der Waals surface area contributed by atoms with E-state index in [1.807, 2.05) is 12.1 Å². The van der Waals surface area contributed by atoms with Gasteiger partial charge in [0, 0.05) is 35.7 Å². The number of halogens is 1. The molecule has 2 amide bonds. The summed E-state index contributed by atoms with van der Waals surface area (Å²) < 4.78 is 15.7. The van der Waals surface area contributed by atoms with Crippen molar-refractivity contribution in [1.29, 1.82) is 0 Å². The number of benzene rings is 2. The summed E-state index contributed by atoms with van der Waals surface area (Å²) in [5, 5.41) is 1.82. The van der Waals surface area contributed by atoms with E-state index in [9.17, 15) is 19.2 Å². The normalized spacial score (nSPS) is 16.5. The van der Waals surface area contributed by atoms with Crippen LogP contribution in [0.3, 0.4) is 0 Å². The lowest BCUT2D eigenvalue weighted by Gasteiger charge is -2.24. The first-order chi connectivity index (χ1) is 18.7. The van der Waals surface area contributed by atoms with E-state index < -0.39 is 22.4 Å². The Morgan fingerprint density at radius 1 is 1.10 bits per heavy atom. The molecule has 208 valence electrons. The van der Waals surface area contributed by atoms with Crippen LogP contribution in [0.5, 0.6) is 11.5 Å². The van der Waals surface area contributed by atoms with Gasteiger partial charge in [-0.3, -0.25) is 19.2 Å². The second-order valence-electron chi connectivity index (χ2n) is 8.62. The lowest BCUT2D eigenvalue weighted by Crippen LogP contribution is -2.40. The van der Waals surface area contributed by atoms with Crippen molar-refractivity contribution in [2.75, 3.05) is 39.3 Å². The zero-order valence-corrected chi connectivity index (χ0v) is 23.6. The first-order valence-electron chi connectivity index (χ1n) is 12.2. The molecule has 1 aliphatic heterocycles. The number of ether oxygens (including phenoxy) is 3. The van der Waals surface area contributed by atoms with Crippen LogP contribution in [0.15, 0.2) is 49.1 Å². The van der Waals surface area contributed by atoms with E-state index in [0.29, 0.717) is 22.2 Å². The molecule has 2 aromatic carbocycles. The molecule has 0 aliphatic carbocycles. The second kappa shape index (κ2) is 14.0. The number of hydrogen-bond acceptors (Lipinski definition) is 8. The molecular weight excluding hydrogens is 544 g/mol. The molecule has 0 radical (unpaired) electrons. The van der Waals surface area contributed by atoms with Gasteiger partial charge in [0.05, 0.1) is 44.8 Å². The van der Waals surface area contributed by atoms with Crippen LogP contribution in [-0.4, -0.2) is 63.2 Å². The molecule has 3 rings (SSSR count). The number of para-hydroxylation sites is 1. The molecule has 0 spiro atoms. The van der Waals surface area contributed by atoms with Crippen molar-refractivity contribution in [3.05, 3.63) is 65.2 Å². The van der Waals surface area contributed by atoms with Crippen LogP contribution >= 0.6 is 23.4 Å². The SMILES string of the molecule is C=CCN1C(=O)[C@H](CC(=O)NCC(=O)CCC(=O)OC)S[C@@H](c2cccc(OC)c2OC)c2cc(Cl)ccc21. The first-order valence-corrected chi connectivity index (χ1v) is 13.5. The summed E-state index contributed by atoms with van der Waals surface area (Å²) in [6.45, 7) is 3.77. The van der Waals surface area contributed by atoms with Crippen LogP contribution in [0.25, 0.3) is 0 Å². The fourth-order valence-electron chi connectivity index (χ4n) is 4.25. The highest BCUT2D eigenvalue weighted by molar-refractivity contribution is 8.01. The van der Waals surface area contributed by atoms with E-state index in [-0.39, 0.29) is 44.0 Å². The number of carbonyl (C=O) groups is 4. The highest BCUT2D eigenvalue weighted by atomic mass is 35.5. The molecule has 1 N–H and O–H groups in total. The third-order valence-corrected chi connectivity index (χ3v) is 7.83. The van der Waals surface area contributed by atoms with Gasteiger partial charge in [0.25, 0.3) is 0 Å². The molecule has 0 saturated carbocycles. The van der Waals surface area contributed by atoms with Crippen LogP contribution in [0.1, 0.15) is 35.6 Å². The quantitative estimate of drug-likeness (QED) is 0.298. The molecule has 11 heteroatoms. The Morgan fingerprint density at radius 3 is 2.54 bits per heavy atom. The molecule has 2 atom stereocenters. The smallest absolute Gasteiger partial charge is 0.305 e. The number of methoxy groups -OCH3 is 3. The zero-order chi connectivity index (χ0) is 28.5. The van der Waals surface area contributed by atoms with Crippen LogP contribution in [0.4, 0.5) is 5.69 Å². The maximum atomic E-state index is 13.8. The largest absolute Gasteiger partial charge is 0.493 e. The van der Waals surface area contributed by atoms with Gasteiger partial charge in [-0.15, -0.1) is 18.3 Å². The lowest BCUT2D eigenvalue weighted by atomic mass is 10.00. The molecule has 0 unspecified atom stereocenters. The summed E-state index contributed by atoms with van der Waals surface area (Å²) in [7, 11) is 4.33. The van der Waals surface area contributed by atoms with E-state index in [1.54, 1.807) is 49.5 Å². The topological polar surface area (TPSA) is 111 Å². The fourth-order valence-corrected chi connectivity index (χ4v) is 5.92. The summed E-state index contributed by atoms with van der Waals surface area (Å²) in [6, 6.07) is 10.8. The molecule has 0 saturated heterocycles. The number of carbonyl (C=O) groups excluding carboxylic acids is 4. The van der Waals surface area contributed by atoms with Gasteiger partial charge in [0.2, 0.25) is 11.8 Å². The minimum absolute atomic E-state index is 0.0506. The van der Waals surface area contributed by atoms with Crippen LogP contribution in [0.2, 0.25) is 5.02 Å². The molecular formula is C28H31ClN2O7S. The van der Waals surface area contributed by atoms with E-state index >= 15 is 0 Å². The number of rotatable bonds is 12. The maximum absolute atomic E-state index is 13.8. The molecule has 1 aliphatic rings. The average molecular weight is 575 g/mol. The molecule has 1 heterocycles. The summed E-state index contributed by atoms with van der Waals surface area (Å²) in [4.78, 5) is 51.7. The van der Waals surface area contributed by atoms with Crippen molar-refractivity contribution >= 4 is 52.6 Å². The standard InChI is InChI=1S/C28H31ClN2O7S/c1-5-13-31-21-11-9-17(29)14-20(21)27(19-7-6-8-22(36-2)26(19)38-4)39-23(28(31)35)15-24(33)30-16-18(32)10-12-25(34)37-3/h5-9,11,14,23,27H,1,10,12-13,15-16H2,2-4H3,(H,30,33)/t23-,27-/m0/s1. The van der Waals surface area contributed by atoms with Crippen molar-refractivity contribution in [2.24, 2.45) is 0 Å². The highest BCUT2D eigenvalue weighted by Crippen LogP contribution is 2.51. The molecule has 9 nitrogen and oxygen atoms in total. The van der Waals surface area contributed by atoms with Crippen molar-refractivity contribution in [3.63, 3.8) is 0 Å². The van der Waals surface area contributed by atoms with Gasteiger partial charge in [-0.05, 0) is 29.8 Å². The minimum atomic E-state index is -0.804. The predicted octanol–water partition coefficient (Wildman–Crippen LogP) is 4.11. The monoisotopic (exact) mass is 574 g/mol. The summed E-state index contributed by atoms with van der Waals surface area (Å²) in [6.07, 6.45) is 1.32. The van der Waals surface area contributed by atoms with Gasteiger partial charge >= 0.3 is 5.97 Å². The third kappa shape index (κ3) is 7.33. The summed E-state index contributed by atoms with van der Waals surface area (Å²) in [5.41, 5.74) is 2.17. The third-order valence-electron chi connectivity index (χ3n) is 6.12. The number of ketones is 1. The Bertz CT molecular complexity index is 1250. The summed E-state index contributed by atoms with van der Waals surface area (Å²) in [5.74, 6) is -0.532. The number of thioether (sulfide) groups is 1. The Kier molecular flexibility index (Phi) is 10.8. The van der Waals surface area contributed by atoms with Crippen molar-refractivity contribution < 1.29 is 33.4 Å². The number of anilines is 1. The minimum Gasteiger partial charge on any atom is -0.493 e. The van der Waals surface area contributed by atoms with E-state index in [2.05, 4.69) is 16.6 Å². The Morgan fingerprint density at radius 2 is 1.87 bits per heavy atom.